The Morgan fingerprint density at radius 1 is 1.19 bits per heavy atom. The highest BCUT2D eigenvalue weighted by atomic mass is 16.2. The van der Waals surface area contributed by atoms with Crippen LogP contribution in [-0.2, 0) is 0 Å². The molecule has 0 saturated heterocycles. The molecule has 2 aliphatic carbocycles. The molecule has 3 rings (SSSR count). The largest absolute Gasteiger partial charge is 0.271 e. The van der Waals surface area contributed by atoms with Crippen molar-refractivity contribution in [1.82, 2.24) is 5.43 Å². The second-order valence-electron chi connectivity index (χ2n) is 6.77. The number of hydrazone groups is 1. The second-order valence-corrected chi connectivity index (χ2v) is 6.77. The molecule has 0 spiro atoms. The van der Waals surface area contributed by atoms with Crippen LogP contribution in [0.5, 0.6) is 0 Å². The Labute approximate surface area is 126 Å². The summed E-state index contributed by atoms with van der Waals surface area (Å²) in [6, 6.07) is 5.77. The fourth-order valence-corrected chi connectivity index (χ4v) is 3.93. The first-order chi connectivity index (χ1) is 10.0. The van der Waals surface area contributed by atoms with Gasteiger partial charge in [0.25, 0.3) is 5.91 Å². The zero-order valence-corrected chi connectivity index (χ0v) is 13.1. The highest BCUT2D eigenvalue weighted by Crippen LogP contribution is 2.48. The highest BCUT2D eigenvalue weighted by molar-refractivity contribution is 5.95. The van der Waals surface area contributed by atoms with Gasteiger partial charge in [-0.1, -0.05) is 12.5 Å². The molecule has 2 aliphatic rings. The Morgan fingerprint density at radius 3 is 2.62 bits per heavy atom. The highest BCUT2D eigenvalue weighted by Gasteiger charge is 2.40. The van der Waals surface area contributed by atoms with Gasteiger partial charge in [-0.25, -0.2) is 5.43 Å². The molecule has 1 aromatic carbocycles. The second kappa shape index (κ2) is 5.63. The van der Waals surface area contributed by atoms with E-state index in [1.165, 1.54) is 31.2 Å². The lowest BCUT2D eigenvalue weighted by Gasteiger charge is -2.21. The standard InChI is InChI=1S/C18H24N2O/c1-11-4-6-16(8-12(11)2)18(21)20-19-13(3)17-10-14-5-7-15(17)9-14/h4,6,8,14-15,17H,5,7,9-10H2,1-3H3,(H,20,21). The SMILES string of the molecule is CC(=NNC(=O)c1ccc(C)c(C)c1)C1CC2CCC1C2. The number of nitrogens with one attached hydrogen (secondary N) is 1. The maximum Gasteiger partial charge on any atom is 0.271 e. The molecule has 1 amide bonds. The molecule has 0 heterocycles. The Kier molecular flexibility index (Phi) is 3.83. The van der Waals surface area contributed by atoms with E-state index in [1.54, 1.807) is 0 Å². The van der Waals surface area contributed by atoms with Crippen LogP contribution in [0.25, 0.3) is 0 Å². The van der Waals surface area contributed by atoms with E-state index in [0.29, 0.717) is 11.5 Å². The predicted molar refractivity (Wildman–Crippen MR) is 85.4 cm³/mol. The summed E-state index contributed by atoms with van der Waals surface area (Å²) < 4.78 is 0. The molecule has 2 bridgehead atoms. The molecule has 21 heavy (non-hydrogen) atoms. The van der Waals surface area contributed by atoms with E-state index in [1.807, 2.05) is 25.1 Å². The van der Waals surface area contributed by atoms with Crippen LogP contribution < -0.4 is 5.43 Å². The molecule has 2 saturated carbocycles. The molecule has 3 nitrogen and oxygen atoms in total. The minimum Gasteiger partial charge on any atom is -0.267 e. The van der Waals surface area contributed by atoms with Crippen molar-refractivity contribution in [1.29, 1.82) is 0 Å². The maximum atomic E-state index is 12.2. The molecule has 2 fully saturated rings. The Balaban J connectivity index is 1.64. The summed E-state index contributed by atoms with van der Waals surface area (Å²) in [5.41, 5.74) is 6.85. The summed E-state index contributed by atoms with van der Waals surface area (Å²) >= 11 is 0. The van der Waals surface area contributed by atoms with E-state index in [2.05, 4.69) is 24.4 Å². The average molecular weight is 284 g/mol. The molecule has 0 aliphatic heterocycles. The first-order valence-corrected chi connectivity index (χ1v) is 7.96. The van der Waals surface area contributed by atoms with Gasteiger partial charge in [0, 0.05) is 17.2 Å². The van der Waals surface area contributed by atoms with Crippen molar-refractivity contribution in [3.8, 4) is 0 Å². The monoisotopic (exact) mass is 284 g/mol. The van der Waals surface area contributed by atoms with Crippen LogP contribution in [0.2, 0.25) is 0 Å². The first kappa shape index (κ1) is 14.3. The number of nitrogens with zero attached hydrogens (tertiary/aromatic N) is 1. The Morgan fingerprint density at radius 2 is 2.00 bits per heavy atom. The molecule has 0 radical (unpaired) electrons. The van der Waals surface area contributed by atoms with Gasteiger partial charge in [0.2, 0.25) is 0 Å². The zero-order valence-electron chi connectivity index (χ0n) is 13.1. The van der Waals surface area contributed by atoms with Gasteiger partial charge < -0.3 is 0 Å². The van der Waals surface area contributed by atoms with E-state index in [9.17, 15) is 4.79 Å². The maximum absolute atomic E-state index is 12.2. The molecular formula is C18H24N2O. The van der Waals surface area contributed by atoms with Crippen molar-refractivity contribution >= 4 is 11.6 Å². The van der Waals surface area contributed by atoms with Crippen molar-refractivity contribution in [3.63, 3.8) is 0 Å². The van der Waals surface area contributed by atoms with Crippen molar-refractivity contribution < 1.29 is 4.79 Å². The normalized spacial score (nSPS) is 28.0. The molecule has 1 aromatic rings. The third-order valence-corrected chi connectivity index (χ3v) is 5.38. The van der Waals surface area contributed by atoms with Gasteiger partial charge in [-0.15, -0.1) is 0 Å². The number of rotatable bonds is 3. The van der Waals surface area contributed by atoms with Gasteiger partial charge in [0.05, 0.1) is 0 Å². The predicted octanol–water partition coefficient (Wildman–Crippen LogP) is 3.85. The number of amides is 1. The molecular weight excluding hydrogens is 260 g/mol. The Bertz CT molecular complexity index is 591. The van der Waals surface area contributed by atoms with Crippen molar-refractivity contribution in [2.45, 2.75) is 46.5 Å². The van der Waals surface area contributed by atoms with Crippen molar-refractivity contribution in [2.75, 3.05) is 0 Å². The third-order valence-electron chi connectivity index (χ3n) is 5.38. The molecule has 1 N–H and O–H groups in total. The topological polar surface area (TPSA) is 41.5 Å². The number of fused-ring (bicyclic) bond motifs is 2. The van der Waals surface area contributed by atoms with Crippen LogP contribution in [0.1, 0.15) is 54.1 Å². The van der Waals surface area contributed by atoms with Gasteiger partial charge in [0.15, 0.2) is 0 Å². The lowest BCUT2D eigenvalue weighted by molar-refractivity contribution is 0.0954. The molecule has 3 unspecified atom stereocenters. The van der Waals surface area contributed by atoms with Crippen molar-refractivity contribution in [3.05, 3.63) is 34.9 Å². The van der Waals surface area contributed by atoms with Crippen LogP contribution in [0, 0.1) is 31.6 Å². The minimum atomic E-state index is -0.111. The zero-order chi connectivity index (χ0) is 15.0. The van der Waals surface area contributed by atoms with Crippen LogP contribution in [-0.4, -0.2) is 11.6 Å². The summed E-state index contributed by atoms with van der Waals surface area (Å²) in [6.07, 6.45) is 5.36. The molecule has 112 valence electrons. The summed E-state index contributed by atoms with van der Waals surface area (Å²) in [5, 5.41) is 4.37. The smallest absolute Gasteiger partial charge is 0.267 e. The first-order valence-electron chi connectivity index (χ1n) is 7.96. The minimum absolute atomic E-state index is 0.111. The summed E-state index contributed by atoms with van der Waals surface area (Å²) in [7, 11) is 0. The van der Waals surface area contributed by atoms with Crippen LogP contribution in [0.3, 0.4) is 0 Å². The third kappa shape index (κ3) is 2.87. The lowest BCUT2D eigenvalue weighted by Crippen LogP contribution is -2.24. The number of carbonyl (C=O) groups is 1. The number of carbonyl (C=O) groups excluding carboxylic acids is 1. The Hall–Kier alpha value is -1.64. The molecule has 3 atom stereocenters. The average Bonchev–Trinajstić information content (AvgIpc) is 3.10. The number of aryl methyl sites for hydroxylation is 2. The number of hydrogen-bond donors (Lipinski definition) is 1. The molecule has 0 aromatic heterocycles. The van der Waals surface area contributed by atoms with E-state index in [4.69, 9.17) is 0 Å². The van der Waals surface area contributed by atoms with Crippen LogP contribution in [0.4, 0.5) is 0 Å². The van der Waals surface area contributed by atoms with E-state index < -0.39 is 0 Å². The van der Waals surface area contributed by atoms with Crippen LogP contribution >= 0.6 is 0 Å². The van der Waals surface area contributed by atoms with Crippen LogP contribution in [0.15, 0.2) is 23.3 Å². The molecule has 3 heteroatoms. The van der Waals surface area contributed by atoms with Crippen molar-refractivity contribution in [2.24, 2.45) is 22.9 Å². The summed E-state index contributed by atoms with van der Waals surface area (Å²) in [5.74, 6) is 2.18. The van der Waals surface area contributed by atoms with Gasteiger partial charge in [-0.2, -0.15) is 5.10 Å². The number of benzene rings is 1. The van der Waals surface area contributed by atoms with Gasteiger partial charge >= 0.3 is 0 Å². The van der Waals surface area contributed by atoms with Gasteiger partial charge in [0.1, 0.15) is 0 Å². The quantitative estimate of drug-likeness (QED) is 0.665. The summed E-state index contributed by atoms with van der Waals surface area (Å²) in [4.78, 5) is 12.2. The number of hydrogen-bond acceptors (Lipinski definition) is 2. The van der Waals surface area contributed by atoms with Gasteiger partial charge in [-0.3, -0.25) is 4.79 Å². The lowest BCUT2D eigenvalue weighted by atomic mass is 9.86. The fourth-order valence-electron chi connectivity index (χ4n) is 3.93. The van der Waals surface area contributed by atoms with E-state index >= 15 is 0 Å². The summed E-state index contributed by atoms with van der Waals surface area (Å²) in [6.45, 7) is 6.14. The van der Waals surface area contributed by atoms with E-state index in [-0.39, 0.29) is 5.91 Å². The van der Waals surface area contributed by atoms with Gasteiger partial charge in [-0.05, 0) is 75.1 Å². The van der Waals surface area contributed by atoms with E-state index in [0.717, 1.165) is 23.1 Å². The fraction of sp³-hybridized carbons (Fsp3) is 0.556.